The van der Waals surface area contributed by atoms with Gasteiger partial charge in [-0.1, -0.05) is 53.2 Å². The smallest absolute Gasteiger partial charge is 0.338 e. The zero-order valence-electron chi connectivity index (χ0n) is 18.9. The molecule has 3 heterocycles. The average molecular weight is 509 g/mol. The number of hydrogen-bond donors (Lipinski definition) is 1. The van der Waals surface area contributed by atoms with Crippen LogP contribution in [0.2, 0.25) is 5.02 Å². The Morgan fingerprint density at radius 3 is 2.66 bits per heavy atom. The maximum absolute atomic E-state index is 12.2. The van der Waals surface area contributed by atoms with Gasteiger partial charge < -0.3 is 9.84 Å². The Morgan fingerprint density at radius 1 is 1.11 bits per heavy atom. The topological polar surface area (TPSA) is 80.5 Å². The third-order valence-electron chi connectivity index (χ3n) is 6.22. The molecule has 3 atom stereocenters. The molecule has 1 saturated heterocycles. The molecule has 1 N–H and O–H groups in total. The lowest BCUT2D eigenvalue weighted by molar-refractivity contribution is -0.0131. The molecule has 1 aliphatic rings. The first-order chi connectivity index (χ1) is 17.1. The first-order valence-electron chi connectivity index (χ1n) is 11.4. The van der Waals surface area contributed by atoms with E-state index in [1.807, 2.05) is 36.4 Å². The number of ether oxygens (including phenoxy) is 1. The number of thiophene rings is 1. The van der Waals surface area contributed by atoms with E-state index < -0.39 is 12.1 Å². The molecule has 2 aromatic carbocycles. The summed E-state index contributed by atoms with van der Waals surface area (Å²) in [6, 6.07) is 20.7. The third-order valence-corrected chi connectivity index (χ3v) is 7.34. The van der Waals surface area contributed by atoms with Crippen molar-refractivity contribution in [1.29, 1.82) is 0 Å². The van der Waals surface area contributed by atoms with E-state index in [-0.39, 0.29) is 18.7 Å². The number of nitrogens with zero attached hydrogens (tertiary/aromatic N) is 4. The van der Waals surface area contributed by atoms with E-state index in [9.17, 15) is 9.90 Å². The van der Waals surface area contributed by atoms with Crippen LogP contribution in [0.5, 0.6) is 0 Å². The van der Waals surface area contributed by atoms with Crippen LogP contribution in [0.15, 0.2) is 78.3 Å². The zero-order valence-corrected chi connectivity index (χ0v) is 20.5. The molecule has 1 aliphatic heterocycles. The van der Waals surface area contributed by atoms with Gasteiger partial charge in [-0.25, -0.2) is 9.48 Å². The van der Waals surface area contributed by atoms with Crippen molar-refractivity contribution in [3.63, 3.8) is 0 Å². The van der Waals surface area contributed by atoms with Gasteiger partial charge in [0.15, 0.2) is 0 Å². The second-order valence-corrected chi connectivity index (χ2v) is 10.0. The zero-order chi connectivity index (χ0) is 24.2. The second kappa shape index (κ2) is 10.7. The van der Waals surface area contributed by atoms with Gasteiger partial charge in [-0.3, -0.25) is 4.90 Å². The van der Waals surface area contributed by atoms with Gasteiger partial charge in [0.05, 0.1) is 23.9 Å². The Hall–Kier alpha value is -3.04. The van der Waals surface area contributed by atoms with Crippen molar-refractivity contribution < 1.29 is 14.6 Å². The highest BCUT2D eigenvalue weighted by atomic mass is 35.5. The highest BCUT2D eigenvalue weighted by molar-refractivity contribution is 7.09. The summed E-state index contributed by atoms with van der Waals surface area (Å²) in [7, 11) is 0. The van der Waals surface area contributed by atoms with Crippen LogP contribution >= 0.6 is 22.9 Å². The number of halogens is 1. The summed E-state index contributed by atoms with van der Waals surface area (Å²) in [6.07, 6.45) is 1.78. The fraction of sp³-hybridized carbons (Fsp3) is 0.269. The number of carbonyl (C=O) groups excluding carboxylic acids is 1. The predicted molar refractivity (Wildman–Crippen MR) is 134 cm³/mol. The molecule has 0 radical (unpaired) electrons. The van der Waals surface area contributed by atoms with Gasteiger partial charge in [-0.05, 0) is 47.7 Å². The van der Waals surface area contributed by atoms with Crippen molar-refractivity contribution >= 4 is 28.9 Å². The standard InChI is InChI=1S/C26H25ClN4O3S/c27-20-10-8-18(9-11-20)23-13-24(25(32)16-30(23)15-22-7-4-12-35-22)31-14-21(28-29-31)17-34-26(33)19-5-2-1-3-6-19/h1-12,14,23-25,32H,13,15-17H2/t23-,24-,25-/m1/s1. The van der Waals surface area contributed by atoms with Crippen molar-refractivity contribution in [2.45, 2.75) is 37.8 Å². The number of benzene rings is 2. The van der Waals surface area contributed by atoms with E-state index in [1.54, 1.807) is 46.5 Å². The quantitative estimate of drug-likeness (QED) is 0.358. The van der Waals surface area contributed by atoms with Gasteiger partial charge in [0.25, 0.3) is 0 Å². The summed E-state index contributed by atoms with van der Waals surface area (Å²) in [5, 5.41) is 22.3. The van der Waals surface area contributed by atoms with E-state index in [2.05, 4.69) is 26.7 Å². The number of aliphatic hydroxyl groups excluding tert-OH is 1. The first kappa shape index (κ1) is 23.7. The number of aliphatic hydroxyl groups is 1. The molecule has 2 aromatic heterocycles. The Bertz CT molecular complexity index is 1250. The van der Waals surface area contributed by atoms with Crippen LogP contribution in [0, 0.1) is 0 Å². The van der Waals surface area contributed by atoms with Gasteiger partial charge in [-0.2, -0.15) is 0 Å². The number of hydrogen-bond acceptors (Lipinski definition) is 7. The van der Waals surface area contributed by atoms with Crippen LogP contribution in [0.25, 0.3) is 0 Å². The van der Waals surface area contributed by atoms with Crippen molar-refractivity contribution in [2.75, 3.05) is 6.54 Å². The Labute approximate surface area is 212 Å². The summed E-state index contributed by atoms with van der Waals surface area (Å²) in [6.45, 7) is 1.27. The Balaban J connectivity index is 1.31. The highest BCUT2D eigenvalue weighted by Crippen LogP contribution is 2.38. The summed E-state index contributed by atoms with van der Waals surface area (Å²) in [5.74, 6) is -0.412. The minimum Gasteiger partial charge on any atom is -0.455 e. The van der Waals surface area contributed by atoms with Crippen molar-refractivity contribution in [2.24, 2.45) is 0 Å². The van der Waals surface area contributed by atoms with E-state index >= 15 is 0 Å². The Morgan fingerprint density at radius 2 is 1.91 bits per heavy atom. The Kier molecular flexibility index (Phi) is 7.24. The summed E-state index contributed by atoms with van der Waals surface area (Å²) in [4.78, 5) is 15.8. The lowest BCUT2D eigenvalue weighted by atomic mass is 9.90. The summed E-state index contributed by atoms with van der Waals surface area (Å²) < 4.78 is 7.08. The van der Waals surface area contributed by atoms with E-state index in [0.29, 0.717) is 29.2 Å². The van der Waals surface area contributed by atoms with Crippen LogP contribution in [0.3, 0.4) is 0 Å². The number of rotatable bonds is 7. The predicted octanol–water partition coefficient (Wildman–Crippen LogP) is 4.90. The lowest BCUT2D eigenvalue weighted by Crippen LogP contribution is -2.46. The molecule has 5 rings (SSSR count). The molecule has 0 spiro atoms. The van der Waals surface area contributed by atoms with Gasteiger partial charge in [0, 0.05) is 29.0 Å². The van der Waals surface area contributed by atoms with E-state index in [0.717, 1.165) is 12.1 Å². The third kappa shape index (κ3) is 5.62. The first-order valence-corrected chi connectivity index (χ1v) is 12.7. The van der Waals surface area contributed by atoms with Gasteiger partial charge >= 0.3 is 5.97 Å². The number of β-amino-alcohol motifs (C(OH)–C–C–N with tert-alkyl or cyclic N) is 1. The molecule has 0 saturated carbocycles. The minimum absolute atomic E-state index is 0.0155. The van der Waals surface area contributed by atoms with Crippen LogP contribution < -0.4 is 0 Å². The molecular formula is C26H25ClN4O3S. The van der Waals surface area contributed by atoms with Crippen molar-refractivity contribution in [3.05, 3.63) is 105 Å². The van der Waals surface area contributed by atoms with Crippen molar-refractivity contribution in [3.8, 4) is 0 Å². The number of likely N-dealkylation sites (tertiary alicyclic amines) is 1. The molecule has 0 aliphatic carbocycles. The maximum Gasteiger partial charge on any atom is 0.338 e. The van der Waals surface area contributed by atoms with Gasteiger partial charge in [0.1, 0.15) is 12.3 Å². The average Bonchev–Trinajstić information content (AvgIpc) is 3.56. The SMILES string of the molecule is O=C(OCc1cn([C@@H]2C[C@H](c3ccc(Cl)cc3)N(Cc3cccs3)C[C@H]2O)nn1)c1ccccc1. The number of aromatic nitrogens is 3. The number of piperidine rings is 1. The van der Waals surface area contributed by atoms with E-state index in [4.69, 9.17) is 16.3 Å². The van der Waals surface area contributed by atoms with Gasteiger partial charge in [0.2, 0.25) is 0 Å². The lowest BCUT2D eigenvalue weighted by Gasteiger charge is -2.42. The molecule has 0 amide bonds. The fourth-order valence-corrected chi connectivity index (χ4v) is 5.31. The largest absolute Gasteiger partial charge is 0.455 e. The molecule has 9 heteroatoms. The molecule has 1 fully saturated rings. The van der Waals surface area contributed by atoms with Gasteiger partial charge in [-0.15, -0.1) is 16.4 Å². The molecular weight excluding hydrogens is 484 g/mol. The fourth-order valence-electron chi connectivity index (χ4n) is 4.46. The molecule has 0 unspecified atom stereocenters. The van der Waals surface area contributed by atoms with Crippen LogP contribution in [0.1, 0.15) is 45.0 Å². The molecule has 0 bridgehead atoms. The summed E-state index contributed by atoms with van der Waals surface area (Å²) in [5.41, 5.74) is 2.16. The van der Waals surface area contributed by atoms with Crippen LogP contribution in [0.4, 0.5) is 0 Å². The minimum atomic E-state index is -0.625. The maximum atomic E-state index is 12.2. The monoisotopic (exact) mass is 508 g/mol. The van der Waals surface area contributed by atoms with Crippen LogP contribution in [-0.2, 0) is 17.9 Å². The molecule has 35 heavy (non-hydrogen) atoms. The highest BCUT2D eigenvalue weighted by Gasteiger charge is 2.37. The van der Waals surface area contributed by atoms with E-state index in [1.165, 1.54) is 4.88 Å². The molecule has 7 nitrogen and oxygen atoms in total. The summed E-state index contributed by atoms with van der Waals surface area (Å²) >= 11 is 7.84. The number of carbonyl (C=O) groups is 1. The van der Waals surface area contributed by atoms with Crippen LogP contribution in [-0.4, -0.2) is 43.6 Å². The number of esters is 1. The second-order valence-electron chi connectivity index (χ2n) is 8.58. The van der Waals surface area contributed by atoms with Crippen molar-refractivity contribution in [1.82, 2.24) is 19.9 Å². The normalized spacial score (nSPS) is 20.6. The molecule has 4 aromatic rings. The molecule has 180 valence electrons.